The molecular formula is C13H16N6O2. The Kier molecular flexibility index (Phi) is 3.05. The summed E-state index contributed by atoms with van der Waals surface area (Å²) in [4.78, 5) is 8.68. The highest BCUT2D eigenvalue weighted by Crippen LogP contribution is 2.28. The Hall–Kier alpha value is -2.90. The Morgan fingerprint density at radius 1 is 1.10 bits per heavy atom. The van der Waals surface area contributed by atoms with Crippen LogP contribution in [-0.2, 0) is 0 Å². The van der Waals surface area contributed by atoms with E-state index in [1.807, 2.05) is 18.2 Å². The molecular weight excluding hydrogens is 272 g/mol. The van der Waals surface area contributed by atoms with Gasteiger partial charge in [-0.3, -0.25) is 0 Å². The van der Waals surface area contributed by atoms with Crippen LogP contribution in [0.4, 0.5) is 0 Å². The lowest BCUT2D eigenvalue weighted by molar-refractivity contribution is 0.402. The number of ether oxygens (including phenoxy) is 2. The molecule has 2 aliphatic rings. The van der Waals surface area contributed by atoms with Crippen molar-refractivity contribution in [2.75, 3.05) is 14.2 Å². The highest BCUT2D eigenvalue weighted by Gasteiger charge is 2.30. The second kappa shape index (κ2) is 4.89. The first-order valence-electron chi connectivity index (χ1n) is 6.29. The molecule has 2 heterocycles. The van der Waals surface area contributed by atoms with Crippen LogP contribution in [0, 0.1) is 0 Å². The van der Waals surface area contributed by atoms with E-state index in [0.29, 0.717) is 28.9 Å². The van der Waals surface area contributed by atoms with Crippen molar-refractivity contribution in [3.8, 4) is 11.5 Å². The van der Waals surface area contributed by atoms with Crippen molar-refractivity contribution in [3.05, 3.63) is 35.3 Å². The molecule has 0 fully saturated rings. The third-order valence-electron chi connectivity index (χ3n) is 3.24. The molecule has 1 unspecified atom stereocenters. The van der Waals surface area contributed by atoms with Gasteiger partial charge in [0.1, 0.15) is 28.9 Å². The predicted octanol–water partition coefficient (Wildman–Crippen LogP) is -0.575. The predicted molar refractivity (Wildman–Crippen MR) is 79.0 cm³/mol. The molecule has 0 saturated carbocycles. The summed E-state index contributed by atoms with van der Waals surface area (Å²) in [6.45, 7) is 0. The van der Waals surface area contributed by atoms with Crippen LogP contribution in [0.15, 0.2) is 39.7 Å². The average Bonchev–Trinajstić information content (AvgIpc) is 2.90. The summed E-state index contributed by atoms with van der Waals surface area (Å²) in [5.41, 5.74) is 13.0. The lowest BCUT2D eigenvalue weighted by Gasteiger charge is -2.17. The van der Waals surface area contributed by atoms with Gasteiger partial charge in [-0.2, -0.15) is 0 Å². The van der Waals surface area contributed by atoms with Crippen LogP contribution in [0.25, 0.3) is 0 Å². The minimum atomic E-state index is -0.461. The van der Waals surface area contributed by atoms with Gasteiger partial charge >= 0.3 is 0 Å². The Bertz CT molecular complexity index is 679. The normalized spacial score (nSPS) is 20.0. The molecule has 8 heteroatoms. The minimum Gasteiger partial charge on any atom is -0.497 e. The summed E-state index contributed by atoms with van der Waals surface area (Å²) in [5, 5.41) is 5.92. The van der Waals surface area contributed by atoms with Gasteiger partial charge in [-0.1, -0.05) is 0 Å². The first-order chi connectivity index (χ1) is 10.1. The largest absolute Gasteiger partial charge is 0.497 e. The van der Waals surface area contributed by atoms with Gasteiger partial charge < -0.3 is 31.6 Å². The topological polar surface area (TPSA) is 119 Å². The molecule has 8 nitrogen and oxygen atoms in total. The molecule has 0 radical (unpaired) electrons. The Labute approximate surface area is 121 Å². The van der Waals surface area contributed by atoms with Gasteiger partial charge in [-0.25, -0.2) is 9.98 Å². The molecule has 110 valence electrons. The fourth-order valence-electron chi connectivity index (χ4n) is 2.22. The third kappa shape index (κ3) is 2.20. The molecule has 6 N–H and O–H groups in total. The molecule has 2 aliphatic heterocycles. The number of aliphatic imine (C=N–C) groups is 2. The van der Waals surface area contributed by atoms with Crippen molar-refractivity contribution in [1.29, 1.82) is 0 Å². The average molecular weight is 288 g/mol. The molecule has 0 bridgehead atoms. The minimum absolute atomic E-state index is 0.241. The monoisotopic (exact) mass is 288 g/mol. The number of benzene rings is 1. The summed E-state index contributed by atoms with van der Waals surface area (Å²) in [5.74, 6) is 2.63. The van der Waals surface area contributed by atoms with Crippen molar-refractivity contribution in [3.63, 3.8) is 0 Å². The maximum atomic E-state index is 5.89. The number of amidine groups is 1. The van der Waals surface area contributed by atoms with Gasteiger partial charge in [0.2, 0.25) is 0 Å². The van der Waals surface area contributed by atoms with Gasteiger partial charge in [0.05, 0.1) is 19.8 Å². The third-order valence-corrected chi connectivity index (χ3v) is 3.24. The molecule has 1 atom stereocenters. The lowest BCUT2D eigenvalue weighted by Crippen LogP contribution is -2.42. The zero-order valence-electron chi connectivity index (χ0n) is 11.7. The van der Waals surface area contributed by atoms with E-state index in [1.165, 1.54) is 0 Å². The van der Waals surface area contributed by atoms with E-state index in [0.717, 1.165) is 5.56 Å². The summed E-state index contributed by atoms with van der Waals surface area (Å²) in [6, 6.07) is 5.46. The van der Waals surface area contributed by atoms with Crippen LogP contribution in [0.5, 0.6) is 11.5 Å². The second-order valence-electron chi connectivity index (χ2n) is 4.51. The molecule has 1 aromatic carbocycles. The lowest BCUT2D eigenvalue weighted by atomic mass is 10.1. The quantitative estimate of drug-likeness (QED) is 0.591. The van der Waals surface area contributed by atoms with Crippen LogP contribution in [0.2, 0.25) is 0 Å². The molecule has 0 aromatic heterocycles. The maximum Gasteiger partial charge on any atom is 0.196 e. The van der Waals surface area contributed by atoms with Gasteiger partial charge in [-0.05, 0) is 18.2 Å². The van der Waals surface area contributed by atoms with Crippen molar-refractivity contribution < 1.29 is 9.47 Å². The molecule has 0 aliphatic carbocycles. The van der Waals surface area contributed by atoms with Gasteiger partial charge in [0.15, 0.2) is 12.1 Å². The molecule has 0 saturated heterocycles. The number of nitrogens with zero attached hydrogens (tertiary/aromatic N) is 2. The van der Waals surface area contributed by atoms with Crippen molar-refractivity contribution in [1.82, 2.24) is 10.6 Å². The maximum absolute atomic E-state index is 5.89. The number of guanidine groups is 1. The van der Waals surface area contributed by atoms with E-state index >= 15 is 0 Å². The molecule has 21 heavy (non-hydrogen) atoms. The zero-order chi connectivity index (χ0) is 15.0. The first-order valence-corrected chi connectivity index (χ1v) is 6.29. The Morgan fingerprint density at radius 3 is 2.62 bits per heavy atom. The van der Waals surface area contributed by atoms with E-state index < -0.39 is 6.17 Å². The van der Waals surface area contributed by atoms with E-state index in [-0.39, 0.29) is 5.96 Å². The number of rotatable bonds is 3. The second-order valence-corrected chi connectivity index (χ2v) is 4.51. The molecule has 0 spiro atoms. The Balaban J connectivity index is 2.03. The van der Waals surface area contributed by atoms with Gasteiger partial charge in [-0.15, -0.1) is 0 Å². The number of nitrogens with two attached hydrogens (primary N) is 2. The number of hydrogen-bond acceptors (Lipinski definition) is 8. The van der Waals surface area contributed by atoms with E-state index in [4.69, 9.17) is 20.9 Å². The first kappa shape index (κ1) is 13.1. The van der Waals surface area contributed by atoms with E-state index in [1.54, 1.807) is 14.2 Å². The van der Waals surface area contributed by atoms with Crippen molar-refractivity contribution >= 4 is 11.8 Å². The van der Waals surface area contributed by atoms with Gasteiger partial charge in [0.25, 0.3) is 0 Å². The van der Waals surface area contributed by atoms with Crippen LogP contribution in [0.1, 0.15) is 5.56 Å². The van der Waals surface area contributed by atoms with E-state index in [9.17, 15) is 0 Å². The van der Waals surface area contributed by atoms with Crippen LogP contribution in [-0.4, -0.2) is 32.2 Å². The molecule has 1 aromatic rings. The number of methoxy groups -OCH3 is 2. The number of hydrogen-bond donors (Lipinski definition) is 4. The van der Waals surface area contributed by atoms with Crippen molar-refractivity contribution in [2.24, 2.45) is 21.5 Å². The molecule has 0 amide bonds. The van der Waals surface area contributed by atoms with Gasteiger partial charge in [0, 0.05) is 0 Å². The zero-order valence-corrected chi connectivity index (χ0v) is 11.7. The van der Waals surface area contributed by atoms with E-state index in [2.05, 4.69) is 20.6 Å². The summed E-state index contributed by atoms with van der Waals surface area (Å²) in [7, 11) is 3.20. The molecule has 3 rings (SSSR count). The standard InChI is InChI=1S/C13H16N6O2/c1-20-6-3-4-8(21-2)7(5-6)11-16-9-10(14)17-13(15)19-12(9)18-11/h3-5,12H,14H2,1-2H3,(H,16,18)(H3,15,17,19). The highest BCUT2D eigenvalue weighted by atomic mass is 16.5. The highest BCUT2D eigenvalue weighted by molar-refractivity contribution is 6.04. The van der Waals surface area contributed by atoms with Crippen molar-refractivity contribution in [2.45, 2.75) is 6.17 Å². The summed E-state index contributed by atoms with van der Waals surface area (Å²) in [6.07, 6.45) is -0.461. The SMILES string of the molecule is COc1ccc(OC)c(C2=NC3N=C(N)NC(N)=C3N2)c1. The summed E-state index contributed by atoms with van der Waals surface area (Å²) < 4.78 is 10.6. The number of fused-ring (bicyclic) bond motifs is 1. The number of nitrogens with one attached hydrogen (secondary N) is 2. The fraction of sp³-hybridized carbons (Fsp3) is 0.231. The smallest absolute Gasteiger partial charge is 0.196 e. The fourth-order valence-corrected chi connectivity index (χ4v) is 2.22. The van der Waals surface area contributed by atoms with Crippen LogP contribution >= 0.6 is 0 Å². The Morgan fingerprint density at radius 2 is 1.90 bits per heavy atom. The summed E-state index contributed by atoms with van der Waals surface area (Å²) >= 11 is 0. The van der Waals surface area contributed by atoms with Crippen LogP contribution < -0.4 is 31.6 Å². The van der Waals surface area contributed by atoms with Crippen LogP contribution in [0.3, 0.4) is 0 Å².